The van der Waals surface area contributed by atoms with Crippen molar-refractivity contribution in [3.05, 3.63) is 93.8 Å². The van der Waals surface area contributed by atoms with Crippen LogP contribution in [0.5, 0.6) is 17.2 Å². The highest BCUT2D eigenvalue weighted by Crippen LogP contribution is 2.38. The van der Waals surface area contributed by atoms with Gasteiger partial charge >= 0.3 is 22.4 Å². The van der Waals surface area contributed by atoms with Crippen LogP contribution in [0.15, 0.2) is 89.5 Å². The highest BCUT2D eigenvalue weighted by atomic mass is 127. The summed E-state index contributed by atoms with van der Waals surface area (Å²) in [6.45, 7) is 7.34. The molecule has 0 radical (unpaired) electrons. The largest absolute Gasteiger partial charge is 0.490 e. The number of hydrogen-bond acceptors (Lipinski definition) is 8. The van der Waals surface area contributed by atoms with E-state index in [0.29, 0.717) is 15.9 Å². The molecule has 0 amide bonds. The molecule has 1 atom stereocenters. The molecule has 206 valence electrons. The Kier molecular flexibility index (Phi) is 9.23. The van der Waals surface area contributed by atoms with Crippen LogP contribution in [0.25, 0.3) is 0 Å². The molecule has 0 N–H and O–H groups in total. The van der Waals surface area contributed by atoms with E-state index < -0.39 is 30.5 Å². The average Bonchev–Trinajstić information content (AvgIpc) is 3.23. The van der Waals surface area contributed by atoms with E-state index >= 15 is 0 Å². The number of cyclic esters (lactones) is 1. The molecule has 4 rings (SSSR count). The molecule has 3 aromatic rings. The summed E-state index contributed by atoms with van der Waals surface area (Å²) in [7, 11) is -5.50. The Balaban J connectivity index is 1.61. The van der Waals surface area contributed by atoms with Gasteiger partial charge in [-0.2, -0.15) is 8.42 Å². The van der Waals surface area contributed by atoms with Gasteiger partial charge in [0.05, 0.1) is 16.3 Å². The topological polar surface area (TPSA) is 97.4 Å². The lowest BCUT2D eigenvalue weighted by molar-refractivity contribution is -0.151. The SMILES string of the molecule is C[Si](C)(C)CCOC1=CC(=O)OC1Oc1cc(OS(=O)(=O)c2ccccc2)cc(OCc2ccccc2)c1I. The molecule has 1 aliphatic heterocycles. The van der Waals surface area contributed by atoms with Gasteiger partial charge in [0.2, 0.25) is 0 Å². The van der Waals surface area contributed by atoms with Crippen LogP contribution in [0.2, 0.25) is 25.7 Å². The normalized spacial score (nSPS) is 15.3. The molecule has 0 fully saturated rings. The van der Waals surface area contributed by atoms with E-state index in [9.17, 15) is 13.2 Å². The second kappa shape index (κ2) is 12.4. The van der Waals surface area contributed by atoms with Crippen LogP contribution in [-0.2, 0) is 31.0 Å². The summed E-state index contributed by atoms with van der Waals surface area (Å²) in [5, 5.41) is 0. The fourth-order valence-corrected chi connectivity index (χ4v) is 5.69. The maximum absolute atomic E-state index is 12.9. The first-order valence-corrected chi connectivity index (χ1v) is 18.4. The highest BCUT2D eigenvalue weighted by Gasteiger charge is 2.32. The third-order valence-corrected chi connectivity index (χ3v) is 9.55. The Bertz CT molecular complexity index is 1440. The number of benzene rings is 3. The van der Waals surface area contributed by atoms with Crippen LogP contribution < -0.4 is 13.7 Å². The first-order chi connectivity index (χ1) is 18.5. The van der Waals surface area contributed by atoms with E-state index in [1.165, 1.54) is 30.3 Å². The van der Waals surface area contributed by atoms with Crippen molar-refractivity contribution >= 4 is 46.8 Å². The van der Waals surface area contributed by atoms with Gasteiger partial charge < -0.3 is 23.1 Å². The molecule has 0 aliphatic carbocycles. The summed E-state index contributed by atoms with van der Waals surface area (Å²) in [6, 6.07) is 21.1. The van der Waals surface area contributed by atoms with E-state index in [0.717, 1.165) is 11.6 Å². The fraction of sp³-hybridized carbons (Fsp3) is 0.250. The quantitative estimate of drug-likeness (QED) is 0.0975. The first-order valence-electron chi connectivity index (χ1n) is 12.2. The third kappa shape index (κ3) is 8.23. The number of hydrogen-bond donors (Lipinski definition) is 0. The predicted octanol–water partition coefficient (Wildman–Crippen LogP) is 6.14. The Labute approximate surface area is 243 Å². The minimum Gasteiger partial charge on any atom is -0.490 e. The van der Waals surface area contributed by atoms with Crippen molar-refractivity contribution in [3.63, 3.8) is 0 Å². The zero-order valence-corrected chi connectivity index (χ0v) is 25.7. The van der Waals surface area contributed by atoms with E-state index in [1.807, 2.05) is 52.9 Å². The molecular weight excluding hydrogens is 651 g/mol. The monoisotopic (exact) mass is 680 g/mol. The predicted molar refractivity (Wildman–Crippen MR) is 157 cm³/mol. The maximum atomic E-state index is 12.9. The number of halogens is 1. The van der Waals surface area contributed by atoms with Gasteiger partial charge in [0.15, 0.2) is 5.76 Å². The molecule has 11 heteroatoms. The van der Waals surface area contributed by atoms with Gasteiger partial charge in [-0.25, -0.2) is 4.79 Å². The van der Waals surface area contributed by atoms with E-state index in [1.54, 1.807) is 18.2 Å². The van der Waals surface area contributed by atoms with Crippen LogP contribution >= 0.6 is 22.6 Å². The molecule has 3 aromatic carbocycles. The summed E-state index contributed by atoms with van der Waals surface area (Å²) >= 11 is 2.04. The average molecular weight is 681 g/mol. The molecule has 0 spiro atoms. The van der Waals surface area contributed by atoms with Crippen LogP contribution in [0.3, 0.4) is 0 Å². The van der Waals surface area contributed by atoms with Gasteiger partial charge in [-0.1, -0.05) is 68.2 Å². The van der Waals surface area contributed by atoms with Crippen LogP contribution in [0.4, 0.5) is 0 Å². The number of carbonyl (C=O) groups is 1. The second-order valence-corrected chi connectivity index (χ2v) is 18.2. The molecule has 0 saturated carbocycles. The zero-order chi connectivity index (χ0) is 28.0. The smallest absolute Gasteiger partial charge is 0.339 e. The summed E-state index contributed by atoms with van der Waals surface area (Å²) in [6.07, 6.45) is 0.130. The molecule has 0 bridgehead atoms. The Morgan fingerprint density at radius 3 is 2.23 bits per heavy atom. The Hall–Kier alpha value is -3.03. The van der Waals surface area contributed by atoms with Gasteiger partial charge in [-0.05, 0) is 46.3 Å². The molecule has 39 heavy (non-hydrogen) atoms. The standard InChI is InChI=1S/C28H29IO8SSi/c1-39(2,3)15-14-33-25-18-26(30)36-28(25)35-24-17-21(37-38(31,32)22-12-8-5-9-13-22)16-23(27(24)29)34-19-20-10-6-4-7-11-20/h4-13,16-18,28H,14-15,19H2,1-3H3. The zero-order valence-electron chi connectivity index (χ0n) is 21.8. The highest BCUT2D eigenvalue weighted by molar-refractivity contribution is 14.1. The van der Waals surface area contributed by atoms with E-state index in [-0.39, 0.29) is 28.8 Å². The second-order valence-electron chi connectivity index (χ2n) is 9.95. The van der Waals surface area contributed by atoms with Crippen molar-refractivity contribution in [3.8, 4) is 17.2 Å². The van der Waals surface area contributed by atoms with E-state index in [2.05, 4.69) is 19.6 Å². The van der Waals surface area contributed by atoms with Crippen molar-refractivity contribution in [1.29, 1.82) is 0 Å². The molecule has 1 aliphatic rings. The lowest BCUT2D eigenvalue weighted by Gasteiger charge is -2.21. The van der Waals surface area contributed by atoms with Crippen LogP contribution in [-0.4, -0.2) is 35.4 Å². The van der Waals surface area contributed by atoms with Crippen molar-refractivity contribution in [1.82, 2.24) is 0 Å². The number of ether oxygens (including phenoxy) is 4. The van der Waals surface area contributed by atoms with Gasteiger partial charge in [-0.15, -0.1) is 0 Å². The molecule has 1 heterocycles. The van der Waals surface area contributed by atoms with Crippen molar-refractivity contribution in [2.75, 3.05) is 6.61 Å². The Morgan fingerprint density at radius 2 is 1.56 bits per heavy atom. The number of esters is 1. The van der Waals surface area contributed by atoms with Gasteiger partial charge in [-0.3, -0.25) is 0 Å². The minimum atomic E-state index is -4.13. The number of rotatable bonds is 12. The van der Waals surface area contributed by atoms with Gasteiger partial charge in [0.25, 0.3) is 0 Å². The molecule has 0 saturated heterocycles. The van der Waals surface area contributed by atoms with Crippen molar-refractivity contribution in [2.45, 2.75) is 43.5 Å². The summed E-state index contributed by atoms with van der Waals surface area (Å²) in [4.78, 5) is 12.1. The summed E-state index contributed by atoms with van der Waals surface area (Å²) in [5.41, 5.74) is 0.921. The van der Waals surface area contributed by atoms with Crippen LogP contribution in [0.1, 0.15) is 5.56 Å². The molecular formula is C28H29IO8SSi. The van der Waals surface area contributed by atoms with Crippen molar-refractivity contribution in [2.24, 2.45) is 0 Å². The van der Waals surface area contributed by atoms with E-state index in [4.69, 9.17) is 23.1 Å². The molecule has 1 unspecified atom stereocenters. The van der Waals surface area contributed by atoms with Crippen LogP contribution in [0, 0.1) is 3.57 Å². The fourth-order valence-electron chi connectivity index (χ4n) is 3.45. The molecule has 8 nitrogen and oxygen atoms in total. The third-order valence-electron chi connectivity index (χ3n) is 5.52. The van der Waals surface area contributed by atoms with Crippen molar-refractivity contribution < 1.29 is 36.3 Å². The lowest BCUT2D eigenvalue weighted by atomic mass is 10.2. The lowest BCUT2D eigenvalue weighted by Crippen LogP contribution is -2.25. The minimum absolute atomic E-state index is 0.00325. The Morgan fingerprint density at radius 1 is 0.923 bits per heavy atom. The molecule has 0 aromatic heterocycles. The first kappa shape index (κ1) is 29.0. The number of carbonyl (C=O) groups excluding carboxylic acids is 1. The summed E-state index contributed by atoms with van der Waals surface area (Å²) < 4.78 is 55.1. The van der Waals surface area contributed by atoms with Gasteiger partial charge in [0, 0.05) is 20.2 Å². The van der Waals surface area contributed by atoms with Gasteiger partial charge in [0.1, 0.15) is 28.8 Å². The maximum Gasteiger partial charge on any atom is 0.339 e. The summed E-state index contributed by atoms with van der Waals surface area (Å²) in [5.74, 6) is 0.192.